The molecule has 0 atom stereocenters. The van der Waals surface area contributed by atoms with Crippen LogP contribution in [0.4, 0.5) is 11.4 Å². The van der Waals surface area contributed by atoms with Gasteiger partial charge in [0, 0.05) is 12.4 Å². The average molecular weight is 474 g/mol. The van der Waals surface area contributed by atoms with Crippen molar-refractivity contribution in [3.8, 4) is 0 Å². The molecular weight excluding hydrogens is 462 g/mol. The summed E-state index contributed by atoms with van der Waals surface area (Å²) < 4.78 is 0. The molecule has 102 valence electrons. The summed E-state index contributed by atoms with van der Waals surface area (Å²) in [6.45, 7) is 0. The van der Waals surface area contributed by atoms with E-state index in [4.69, 9.17) is 0 Å². The summed E-state index contributed by atoms with van der Waals surface area (Å²) in [5.74, 6) is 0. The van der Waals surface area contributed by atoms with Gasteiger partial charge in [0.15, 0.2) is 0 Å². The molecule has 2 rings (SSSR count). The zero-order valence-electron chi connectivity index (χ0n) is 9.89. The fraction of sp³-hybridized carbons (Fsp3) is 0. The SMILES string of the molecule is C(C=Nc1ccccc1)=Nc1ccccc1.[Br][Pd][Br]. The molecule has 0 radical (unpaired) electrons. The van der Waals surface area contributed by atoms with E-state index in [1.807, 2.05) is 60.7 Å². The molecule has 0 saturated heterocycles. The molecule has 2 aromatic rings. The molecule has 0 aromatic heterocycles. The van der Waals surface area contributed by atoms with Crippen LogP contribution >= 0.6 is 26.9 Å². The summed E-state index contributed by atoms with van der Waals surface area (Å²) in [5, 5.41) is 0. The second kappa shape index (κ2) is 11.2. The first-order valence-electron chi connectivity index (χ1n) is 5.36. The van der Waals surface area contributed by atoms with Gasteiger partial charge in [0.25, 0.3) is 0 Å². The standard InChI is InChI=1S/C14H12N2.2BrH.Pd/c1-3-7-13(8-4-1)15-11-12-16-14-9-5-2-6-10-14;;;/h1-12H;2*1H;/q;;;+2/p-2. The molecule has 0 aliphatic carbocycles. The number of hydrogen-bond acceptors (Lipinski definition) is 2. The number of benzene rings is 2. The van der Waals surface area contributed by atoms with Crippen LogP contribution in [0.1, 0.15) is 0 Å². The Kier molecular flexibility index (Phi) is 9.74. The van der Waals surface area contributed by atoms with Crippen LogP contribution in [0.2, 0.25) is 0 Å². The van der Waals surface area contributed by atoms with Crippen molar-refractivity contribution in [3.63, 3.8) is 0 Å². The first-order chi connectivity index (χ1) is 9.36. The summed E-state index contributed by atoms with van der Waals surface area (Å²) >= 11 is 6.80. The van der Waals surface area contributed by atoms with E-state index in [0.29, 0.717) is 13.9 Å². The van der Waals surface area contributed by atoms with Gasteiger partial charge in [-0.2, -0.15) is 0 Å². The molecule has 19 heavy (non-hydrogen) atoms. The van der Waals surface area contributed by atoms with Crippen molar-refractivity contribution >= 4 is 50.7 Å². The Morgan fingerprint density at radius 3 is 1.32 bits per heavy atom. The van der Waals surface area contributed by atoms with Gasteiger partial charge in [-0.1, -0.05) is 36.4 Å². The van der Waals surface area contributed by atoms with Crippen molar-refractivity contribution in [2.24, 2.45) is 9.98 Å². The van der Waals surface area contributed by atoms with E-state index in [2.05, 4.69) is 36.8 Å². The summed E-state index contributed by atoms with van der Waals surface area (Å²) in [7, 11) is 0. The van der Waals surface area contributed by atoms with Crippen molar-refractivity contribution < 1.29 is 13.9 Å². The van der Waals surface area contributed by atoms with E-state index >= 15 is 0 Å². The molecule has 2 nitrogen and oxygen atoms in total. The predicted molar refractivity (Wildman–Crippen MR) is 87.0 cm³/mol. The third kappa shape index (κ3) is 8.23. The number of rotatable bonds is 3. The molecule has 0 N–H and O–H groups in total. The zero-order valence-corrected chi connectivity index (χ0v) is 14.6. The van der Waals surface area contributed by atoms with Crippen LogP contribution in [0.5, 0.6) is 0 Å². The molecule has 0 heterocycles. The third-order valence-electron chi connectivity index (χ3n) is 2.03. The van der Waals surface area contributed by atoms with E-state index in [0.717, 1.165) is 11.4 Å². The Morgan fingerprint density at radius 2 is 1.00 bits per heavy atom. The summed E-state index contributed by atoms with van der Waals surface area (Å²) in [4.78, 5) is 8.49. The molecule has 0 amide bonds. The Balaban J connectivity index is 0.000000550. The zero-order chi connectivity index (χ0) is 13.8. The van der Waals surface area contributed by atoms with Crippen LogP contribution < -0.4 is 0 Å². The maximum absolute atomic E-state index is 4.25. The molecule has 0 aliphatic rings. The summed E-state index contributed by atoms with van der Waals surface area (Å²) in [6.07, 6.45) is 3.39. The minimum absolute atomic E-state index is 0.575. The number of hydrogen-bond donors (Lipinski definition) is 0. The Morgan fingerprint density at radius 1 is 0.684 bits per heavy atom. The number of nitrogens with zero attached hydrogens (tertiary/aromatic N) is 2. The fourth-order valence-corrected chi connectivity index (χ4v) is 1.27. The second-order valence-corrected chi connectivity index (χ2v) is 10.4. The first-order valence-corrected chi connectivity index (χ1v) is 12.5. The maximum atomic E-state index is 4.25. The molecule has 0 bridgehead atoms. The normalized spacial score (nSPS) is 10.6. The molecule has 0 aliphatic heterocycles. The molecule has 5 heteroatoms. The van der Waals surface area contributed by atoms with E-state index in [1.165, 1.54) is 0 Å². The van der Waals surface area contributed by atoms with Gasteiger partial charge in [0.1, 0.15) is 0 Å². The van der Waals surface area contributed by atoms with Crippen molar-refractivity contribution in [1.29, 1.82) is 0 Å². The van der Waals surface area contributed by atoms with Crippen LogP contribution in [0.15, 0.2) is 70.6 Å². The number of aliphatic imine (C=N–C) groups is 2. The topological polar surface area (TPSA) is 24.7 Å². The van der Waals surface area contributed by atoms with Gasteiger partial charge in [0.2, 0.25) is 0 Å². The van der Waals surface area contributed by atoms with Gasteiger partial charge in [-0.25, -0.2) is 0 Å². The molecular formula is C14H12Br2N2Pd. The summed E-state index contributed by atoms with van der Waals surface area (Å²) in [5.41, 5.74) is 1.86. The molecule has 2 aromatic carbocycles. The van der Waals surface area contributed by atoms with Crippen molar-refractivity contribution in [1.82, 2.24) is 0 Å². The van der Waals surface area contributed by atoms with E-state index in [9.17, 15) is 0 Å². The minimum atomic E-state index is 0.575. The van der Waals surface area contributed by atoms with Crippen molar-refractivity contribution in [2.45, 2.75) is 0 Å². The summed E-state index contributed by atoms with van der Waals surface area (Å²) in [6, 6.07) is 19.6. The van der Waals surface area contributed by atoms with Crippen molar-refractivity contribution in [3.05, 3.63) is 60.7 Å². The Bertz CT molecular complexity index is 454. The fourth-order valence-electron chi connectivity index (χ4n) is 1.27. The molecule has 0 saturated carbocycles. The van der Waals surface area contributed by atoms with Crippen molar-refractivity contribution in [2.75, 3.05) is 0 Å². The van der Waals surface area contributed by atoms with E-state index in [-0.39, 0.29) is 0 Å². The molecule has 0 unspecified atom stereocenters. The molecule has 0 fully saturated rings. The monoisotopic (exact) mass is 472 g/mol. The molecule has 0 spiro atoms. The van der Waals surface area contributed by atoms with Crippen LogP contribution in [-0.4, -0.2) is 12.4 Å². The third-order valence-corrected chi connectivity index (χ3v) is 2.03. The quantitative estimate of drug-likeness (QED) is 0.416. The van der Waals surface area contributed by atoms with Crippen LogP contribution in [0, 0.1) is 0 Å². The average Bonchev–Trinajstić information content (AvgIpc) is 2.47. The van der Waals surface area contributed by atoms with Gasteiger partial charge < -0.3 is 0 Å². The Hall–Kier alpha value is -0.598. The van der Waals surface area contributed by atoms with Gasteiger partial charge in [0.05, 0.1) is 11.4 Å². The predicted octanol–water partition coefficient (Wildman–Crippen LogP) is 5.48. The van der Waals surface area contributed by atoms with E-state index in [1.54, 1.807) is 12.4 Å². The second-order valence-electron chi connectivity index (χ2n) is 3.27. The van der Waals surface area contributed by atoms with Gasteiger partial charge >= 0.3 is 40.8 Å². The van der Waals surface area contributed by atoms with Crippen LogP contribution in [0.3, 0.4) is 0 Å². The number of halogens is 2. The number of para-hydroxylation sites is 2. The Labute approximate surface area is 134 Å². The van der Waals surface area contributed by atoms with Gasteiger partial charge in [-0.05, 0) is 24.3 Å². The van der Waals surface area contributed by atoms with Gasteiger partial charge in [-0.3, -0.25) is 9.98 Å². The van der Waals surface area contributed by atoms with Crippen LogP contribution in [0.25, 0.3) is 0 Å². The van der Waals surface area contributed by atoms with Crippen LogP contribution in [-0.2, 0) is 13.9 Å². The van der Waals surface area contributed by atoms with E-state index < -0.39 is 0 Å². The van der Waals surface area contributed by atoms with Gasteiger partial charge in [-0.15, -0.1) is 0 Å². The first kappa shape index (κ1) is 16.5.